The Morgan fingerprint density at radius 3 is 2.48 bits per heavy atom. The predicted octanol–water partition coefficient (Wildman–Crippen LogP) is 4.60. The van der Waals surface area contributed by atoms with Gasteiger partial charge >= 0.3 is 0 Å². The van der Waals surface area contributed by atoms with Crippen LogP contribution in [0.15, 0.2) is 36.4 Å². The number of nitrogens with one attached hydrogen (secondary N) is 1. The molecular weight excluding hydrogens is 307 g/mol. The Kier molecular flexibility index (Phi) is 3.40. The number of hydrogen-bond acceptors (Lipinski definition) is 2. The molecule has 0 bridgehead atoms. The number of anilines is 1. The molecule has 0 fully saturated rings. The molecule has 0 saturated carbocycles. The first-order valence-corrected chi connectivity index (χ1v) is 7.11. The van der Waals surface area contributed by atoms with Crippen molar-refractivity contribution in [1.29, 1.82) is 0 Å². The Hall–Kier alpha value is -1.97. The van der Waals surface area contributed by atoms with Crippen LogP contribution in [0, 0.1) is 6.92 Å². The van der Waals surface area contributed by atoms with Crippen molar-refractivity contribution >= 4 is 45.6 Å². The number of benzene rings is 2. The maximum absolute atomic E-state index is 12.7. The molecule has 3 N–H and O–H groups in total. The number of aromatic amines is 1. The molecule has 3 aromatic rings. The van der Waals surface area contributed by atoms with E-state index in [1.165, 1.54) is 0 Å². The van der Waals surface area contributed by atoms with Gasteiger partial charge in [-0.1, -0.05) is 29.3 Å². The minimum absolute atomic E-state index is 0.224. The highest BCUT2D eigenvalue weighted by Gasteiger charge is 2.21. The predicted molar refractivity (Wildman–Crippen MR) is 87.3 cm³/mol. The van der Waals surface area contributed by atoms with Crippen LogP contribution in [0.1, 0.15) is 21.6 Å². The quantitative estimate of drug-likeness (QED) is 0.536. The van der Waals surface area contributed by atoms with Gasteiger partial charge in [0.1, 0.15) is 0 Å². The zero-order chi connectivity index (χ0) is 15.1. The summed E-state index contributed by atoms with van der Waals surface area (Å²) in [4.78, 5) is 15.9. The Morgan fingerprint density at radius 2 is 1.81 bits per heavy atom. The monoisotopic (exact) mass is 318 g/mol. The van der Waals surface area contributed by atoms with Gasteiger partial charge in [-0.25, -0.2) is 0 Å². The average Bonchev–Trinajstić information content (AvgIpc) is 2.76. The Balaban J connectivity index is 2.21. The van der Waals surface area contributed by atoms with Gasteiger partial charge in [-0.15, -0.1) is 0 Å². The SMILES string of the molecule is Cc1c(C(=O)c2c(Cl)cccc2Cl)[nH]c2ccc(N)cc12. The third kappa shape index (κ3) is 2.28. The van der Waals surface area contributed by atoms with Crippen LogP contribution >= 0.6 is 23.2 Å². The van der Waals surface area contributed by atoms with Crippen LogP contribution in [-0.4, -0.2) is 10.8 Å². The van der Waals surface area contributed by atoms with Crippen molar-refractivity contribution in [2.24, 2.45) is 0 Å². The first-order valence-electron chi connectivity index (χ1n) is 6.35. The van der Waals surface area contributed by atoms with E-state index in [4.69, 9.17) is 28.9 Å². The standard InChI is InChI=1S/C16H12Cl2N2O/c1-8-10-7-9(19)5-6-13(10)20-15(8)16(21)14-11(17)3-2-4-12(14)18/h2-7,20H,19H2,1H3. The minimum atomic E-state index is -0.224. The third-order valence-electron chi connectivity index (χ3n) is 3.50. The fraction of sp³-hybridized carbons (Fsp3) is 0.0625. The van der Waals surface area contributed by atoms with E-state index in [2.05, 4.69) is 4.98 Å². The van der Waals surface area contributed by atoms with Gasteiger partial charge in [-0.3, -0.25) is 4.79 Å². The Labute approximate surface area is 131 Å². The molecular formula is C16H12Cl2N2O. The fourth-order valence-corrected chi connectivity index (χ4v) is 2.98. The molecule has 106 valence electrons. The molecule has 0 saturated heterocycles. The van der Waals surface area contributed by atoms with E-state index in [0.717, 1.165) is 16.5 Å². The molecule has 1 aromatic heterocycles. The van der Waals surface area contributed by atoms with Crippen molar-refractivity contribution < 1.29 is 4.79 Å². The number of fused-ring (bicyclic) bond motifs is 1. The van der Waals surface area contributed by atoms with Crippen LogP contribution in [0.3, 0.4) is 0 Å². The minimum Gasteiger partial charge on any atom is -0.399 e. The summed E-state index contributed by atoms with van der Waals surface area (Å²) in [7, 11) is 0. The van der Waals surface area contributed by atoms with Crippen LogP contribution < -0.4 is 5.73 Å². The van der Waals surface area contributed by atoms with Crippen LogP contribution in [0.2, 0.25) is 10.0 Å². The first-order chi connectivity index (χ1) is 9.99. The van der Waals surface area contributed by atoms with Gasteiger partial charge in [0.05, 0.1) is 21.3 Å². The van der Waals surface area contributed by atoms with Crippen LogP contribution in [0.4, 0.5) is 5.69 Å². The van der Waals surface area contributed by atoms with Crippen molar-refractivity contribution in [3.05, 3.63) is 63.3 Å². The molecule has 0 unspecified atom stereocenters. The number of H-pyrrole nitrogens is 1. The summed E-state index contributed by atoms with van der Waals surface area (Å²) in [6.45, 7) is 1.87. The molecule has 0 aliphatic carbocycles. The number of carbonyl (C=O) groups excluding carboxylic acids is 1. The molecule has 0 aliphatic heterocycles. The van der Waals surface area contributed by atoms with Gasteiger partial charge in [-0.05, 0) is 42.8 Å². The molecule has 0 aliphatic rings. The lowest BCUT2D eigenvalue weighted by atomic mass is 10.0. The maximum atomic E-state index is 12.7. The summed E-state index contributed by atoms with van der Waals surface area (Å²) < 4.78 is 0. The molecule has 0 atom stereocenters. The van der Waals surface area contributed by atoms with Gasteiger partial charge in [0, 0.05) is 16.6 Å². The van der Waals surface area contributed by atoms with Crippen molar-refractivity contribution in [2.75, 3.05) is 5.73 Å². The van der Waals surface area contributed by atoms with Crippen molar-refractivity contribution in [3.63, 3.8) is 0 Å². The molecule has 5 heteroatoms. The summed E-state index contributed by atoms with van der Waals surface area (Å²) >= 11 is 12.2. The van der Waals surface area contributed by atoms with Crippen molar-refractivity contribution in [2.45, 2.75) is 6.92 Å². The van der Waals surface area contributed by atoms with Crippen molar-refractivity contribution in [3.8, 4) is 0 Å². The number of hydrogen-bond donors (Lipinski definition) is 2. The molecule has 0 spiro atoms. The number of halogens is 2. The lowest BCUT2D eigenvalue weighted by Crippen LogP contribution is -2.05. The largest absolute Gasteiger partial charge is 0.399 e. The molecule has 0 radical (unpaired) electrons. The van der Waals surface area contributed by atoms with E-state index >= 15 is 0 Å². The molecule has 3 rings (SSSR count). The van der Waals surface area contributed by atoms with Gasteiger partial charge in [0.15, 0.2) is 0 Å². The lowest BCUT2D eigenvalue weighted by Gasteiger charge is -2.05. The normalized spacial score (nSPS) is 11.0. The molecule has 21 heavy (non-hydrogen) atoms. The fourth-order valence-electron chi connectivity index (χ4n) is 2.41. The maximum Gasteiger partial charge on any atom is 0.212 e. The van der Waals surface area contributed by atoms with E-state index in [1.54, 1.807) is 24.3 Å². The molecule has 3 nitrogen and oxygen atoms in total. The van der Waals surface area contributed by atoms with E-state index in [1.807, 2.05) is 19.1 Å². The number of nitrogens with two attached hydrogens (primary N) is 1. The summed E-state index contributed by atoms with van der Waals surface area (Å²) in [6.07, 6.45) is 0. The average molecular weight is 319 g/mol. The van der Waals surface area contributed by atoms with E-state index in [-0.39, 0.29) is 5.78 Å². The smallest absolute Gasteiger partial charge is 0.212 e. The van der Waals surface area contributed by atoms with Crippen LogP contribution in [-0.2, 0) is 0 Å². The number of carbonyl (C=O) groups is 1. The van der Waals surface area contributed by atoms with Crippen molar-refractivity contribution in [1.82, 2.24) is 4.98 Å². The van der Waals surface area contributed by atoms with Gasteiger partial charge in [-0.2, -0.15) is 0 Å². The zero-order valence-corrected chi connectivity index (χ0v) is 12.7. The zero-order valence-electron chi connectivity index (χ0n) is 11.2. The second kappa shape index (κ2) is 5.10. The Bertz CT molecular complexity index is 848. The third-order valence-corrected chi connectivity index (χ3v) is 4.13. The van der Waals surface area contributed by atoms with E-state index < -0.39 is 0 Å². The van der Waals surface area contributed by atoms with E-state index in [0.29, 0.717) is 27.0 Å². The first kappa shape index (κ1) is 14.0. The summed E-state index contributed by atoms with van der Waals surface area (Å²) in [6, 6.07) is 10.5. The van der Waals surface area contributed by atoms with Gasteiger partial charge in [0.2, 0.25) is 5.78 Å². The summed E-state index contributed by atoms with van der Waals surface area (Å²) in [5.74, 6) is -0.224. The molecule has 1 heterocycles. The summed E-state index contributed by atoms with van der Waals surface area (Å²) in [5, 5.41) is 1.59. The molecule has 2 aromatic carbocycles. The number of aryl methyl sites for hydroxylation is 1. The van der Waals surface area contributed by atoms with Gasteiger partial charge in [0.25, 0.3) is 0 Å². The number of ketones is 1. The topological polar surface area (TPSA) is 58.9 Å². The van der Waals surface area contributed by atoms with E-state index in [9.17, 15) is 4.79 Å². The van der Waals surface area contributed by atoms with Crippen LogP contribution in [0.5, 0.6) is 0 Å². The second-order valence-corrected chi connectivity index (χ2v) is 5.67. The number of aromatic nitrogens is 1. The Morgan fingerprint density at radius 1 is 1.14 bits per heavy atom. The summed E-state index contributed by atoms with van der Waals surface area (Å²) in [5.41, 5.74) is 8.92. The highest BCUT2D eigenvalue weighted by atomic mass is 35.5. The lowest BCUT2D eigenvalue weighted by molar-refractivity contribution is 0.103. The second-order valence-electron chi connectivity index (χ2n) is 4.86. The molecule has 0 amide bonds. The van der Waals surface area contributed by atoms with Crippen LogP contribution in [0.25, 0.3) is 10.9 Å². The highest BCUT2D eigenvalue weighted by Crippen LogP contribution is 2.30. The number of nitrogen functional groups attached to an aromatic ring is 1. The van der Waals surface area contributed by atoms with Gasteiger partial charge < -0.3 is 10.7 Å². The number of rotatable bonds is 2. The highest BCUT2D eigenvalue weighted by molar-refractivity contribution is 6.41.